The zero-order valence-corrected chi connectivity index (χ0v) is 10.5. The molecule has 0 bridgehead atoms. The van der Waals surface area contributed by atoms with Crippen molar-refractivity contribution in [2.75, 3.05) is 11.4 Å². The van der Waals surface area contributed by atoms with Gasteiger partial charge in [0.25, 0.3) is 0 Å². The van der Waals surface area contributed by atoms with Crippen LogP contribution in [0.5, 0.6) is 5.75 Å². The van der Waals surface area contributed by atoms with Crippen LogP contribution in [0.2, 0.25) is 0 Å². The summed E-state index contributed by atoms with van der Waals surface area (Å²) in [5.41, 5.74) is 2.27. The molecule has 0 radical (unpaired) electrons. The minimum atomic E-state index is -0.390. The van der Waals surface area contributed by atoms with Crippen LogP contribution in [0.1, 0.15) is 5.56 Å². The van der Waals surface area contributed by atoms with E-state index in [4.69, 9.17) is 4.74 Å². The molecule has 0 spiro atoms. The highest BCUT2D eigenvalue weighted by atomic mass is 16.5. The maximum Gasteiger partial charge on any atom is 0.171 e. The fraction of sp³-hybridized carbons (Fsp3) is 0.188. The normalized spacial score (nSPS) is 17.5. The maximum atomic E-state index is 11.0. The fourth-order valence-corrected chi connectivity index (χ4v) is 2.36. The Morgan fingerprint density at radius 3 is 2.63 bits per heavy atom. The van der Waals surface area contributed by atoms with Crippen LogP contribution in [0, 0.1) is 0 Å². The van der Waals surface area contributed by atoms with Crippen LogP contribution in [0.25, 0.3) is 0 Å². The third-order valence-corrected chi connectivity index (χ3v) is 3.25. The van der Waals surface area contributed by atoms with Crippen molar-refractivity contribution in [1.29, 1.82) is 0 Å². The van der Waals surface area contributed by atoms with Crippen molar-refractivity contribution < 1.29 is 9.53 Å². The van der Waals surface area contributed by atoms with Gasteiger partial charge in [-0.15, -0.1) is 0 Å². The molecular formula is C16H15NO2. The Hall–Kier alpha value is -2.29. The first-order chi connectivity index (χ1) is 9.36. The Labute approximate surface area is 112 Å². The van der Waals surface area contributed by atoms with Crippen LogP contribution in [0.4, 0.5) is 5.69 Å². The topological polar surface area (TPSA) is 29.5 Å². The van der Waals surface area contributed by atoms with E-state index in [0.29, 0.717) is 6.54 Å². The summed E-state index contributed by atoms with van der Waals surface area (Å²) >= 11 is 0. The molecule has 0 saturated carbocycles. The first kappa shape index (κ1) is 11.8. The average Bonchev–Trinajstić information content (AvgIpc) is 2.48. The number of benzene rings is 2. The predicted octanol–water partition coefficient (Wildman–Crippen LogP) is 2.65. The van der Waals surface area contributed by atoms with Crippen LogP contribution < -0.4 is 9.64 Å². The highest BCUT2D eigenvalue weighted by Crippen LogP contribution is 2.33. The summed E-state index contributed by atoms with van der Waals surface area (Å²) < 4.78 is 5.64. The molecule has 1 heterocycles. The smallest absolute Gasteiger partial charge is 0.171 e. The summed E-state index contributed by atoms with van der Waals surface area (Å²) in [4.78, 5) is 13.2. The minimum Gasteiger partial charge on any atom is -0.479 e. The quantitative estimate of drug-likeness (QED) is 0.788. The molecule has 0 N–H and O–H groups in total. The number of aldehydes is 1. The first-order valence-electron chi connectivity index (χ1n) is 6.36. The van der Waals surface area contributed by atoms with E-state index in [1.54, 1.807) is 0 Å². The predicted molar refractivity (Wildman–Crippen MR) is 74.4 cm³/mol. The lowest BCUT2D eigenvalue weighted by Gasteiger charge is -2.34. The SMILES string of the molecule is O=CC1CN(Cc2ccccc2)c2ccccc2O1. The second-order valence-electron chi connectivity index (χ2n) is 4.63. The number of nitrogens with zero attached hydrogens (tertiary/aromatic N) is 1. The summed E-state index contributed by atoms with van der Waals surface area (Å²) in [6.45, 7) is 1.38. The summed E-state index contributed by atoms with van der Waals surface area (Å²) in [7, 11) is 0. The number of hydrogen-bond acceptors (Lipinski definition) is 3. The van der Waals surface area contributed by atoms with E-state index < -0.39 is 6.10 Å². The number of carbonyl (C=O) groups is 1. The van der Waals surface area contributed by atoms with Crippen LogP contribution in [-0.4, -0.2) is 18.9 Å². The molecule has 0 aliphatic carbocycles. The second kappa shape index (κ2) is 5.14. The molecule has 1 unspecified atom stereocenters. The number of carbonyl (C=O) groups excluding carboxylic acids is 1. The molecular weight excluding hydrogens is 238 g/mol. The molecule has 1 atom stereocenters. The highest BCUT2D eigenvalue weighted by Gasteiger charge is 2.24. The lowest BCUT2D eigenvalue weighted by Crippen LogP contribution is -2.40. The molecule has 19 heavy (non-hydrogen) atoms. The van der Waals surface area contributed by atoms with Gasteiger partial charge < -0.3 is 9.64 Å². The highest BCUT2D eigenvalue weighted by molar-refractivity contribution is 5.66. The van der Waals surface area contributed by atoms with Crippen molar-refractivity contribution in [3.05, 3.63) is 60.2 Å². The van der Waals surface area contributed by atoms with E-state index in [-0.39, 0.29) is 0 Å². The lowest BCUT2D eigenvalue weighted by atomic mass is 10.1. The first-order valence-corrected chi connectivity index (χ1v) is 6.36. The maximum absolute atomic E-state index is 11.0. The van der Waals surface area contributed by atoms with Crippen molar-refractivity contribution in [3.63, 3.8) is 0 Å². The van der Waals surface area contributed by atoms with Gasteiger partial charge in [-0.2, -0.15) is 0 Å². The van der Waals surface area contributed by atoms with E-state index >= 15 is 0 Å². The molecule has 0 aromatic heterocycles. The number of hydrogen-bond donors (Lipinski definition) is 0. The van der Waals surface area contributed by atoms with Gasteiger partial charge in [0, 0.05) is 6.54 Å². The van der Waals surface area contributed by atoms with Crippen LogP contribution in [-0.2, 0) is 11.3 Å². The molecule has 3 nitrogen and oxygen atoms in total. The number of anilines is 1. The molecule has 0 amide bonds. The van der Waals surface area contributed by atoms with Crippen molar-refractivity contribution in [2.45, 2.75) is 12.6 Å². The number of rotatable bonds is 3. The molecule has 3 heteroatoms. The number of fused-ring (bicyclic) bond motifs is 1. The van der Waals surface area contributed by atoms with Crippen molar-refractivity contribution in [1.82, 2.24) is 0 Å². The Morgan fingerprint density at radius 2 is 1.84 bits per heavy atom. The third kappa shape index (κ3) is 2.45. The van der Waals surface area contributed by atoms with Gasteiger partial charge >= 0.3 is 0 Å². The second-order valence-corrected chi connectivity index (χ2v) is 4.63. The van der Waals surface area contributed by atoms with Crippen molar-refractivity contribution >= 4 is 12.0 Å². The van der Waals surface area contributed by atoms with Crippen molar-refractivity contribution in [3.8, 4) is 5.75 Å². The third-order valence-electron chi connectivity index (χ3n) is 3.25. The van der Waals surface area contributed by atoms with E-state index in [0.717, 1.165) is 24.3 Å². The van der Waals surface area contributed by atoms with Crippen molar-refractivity contribution in [2.24, 2.45) is 0 Å². The molecule has 2 aromatic rings. The van der Waals surface area contributed by atoms with Gasteiger partial charge in [-0.3, -0.25) is 4.79 Å². The molecule has 96 valence electrons. The van der Waals surface area contributed by atoms with Gasteiger partial charge in [-0.1, -0.05) is 42.5 Å². The molecule has 1 aliphatic heterocycles. The molecule has 0 fully saturated rings. The molecule has 0 saturated heterocycles. The number of ether oxygens (including phenoxy) is 1. The summed E-state index contributed by atoms with van der Waals surface area (Å²) in [5, 5.41) is 0. The summed E-state index contributed by atoms with van der Waals surface area (Å²) in [5.74, 6) is 0.779. The molecule has 2 aromatic carbocycles. The Bertz CT molecular complexity index is 568. The van der Waals surface area contributed by atoms with E-state index in [1.807, 2.05) is 42.5 Å². The van der Waals surface area contributed by atoms with Gasteiger partial charge in [-0.25, -0.2) is 0 Å². The molecule has 1 aliphatic rings. The monoisotopic (exact) mass is 253 g/mol. The van der Waals surface area contributed by atoms with Gasteiger partial charge in [0.2, 0.25) is 0 Å². The standard InChI is InChI=1S/C16H15NO2/c18-12-14-11-17(10-13-6-2-1-3-7-13)15-8-4-5-9-16(15)19-14/h1-9,12,14H,10-11H2. The van der Waals surface area contributed by atoms with E-state index in [2.05, 4.69) is 17.0 Å². The van der Waals surface area contributed by atoms with E-state index in [9.17, 15) is 4.79 Å². The summed E-state index contributed by atoms with van der Waals surface area (Å²) in [6, 6.07) is 18.1. The van der Waals surface area contributed by atoms with Gasteiger partial charge in [-0.05, 0) is 17.7 Å². The number of para-hydroxylation sites is 2. The zero-order valence-electron chi connectivity index (χ0n) is 10.5. The van der Waals surface area contributed by atoms with Crippen LogP contribution >= 0.6 is 0 Å². The molecule has 3 rings (SSSR count). The summed E-state index contributed by atoms with van der Waals surface area (Å²) in [6.07, 6.45) is 0.479. The van der Waals surface area contributed by atoms with Crippen LogP contribution in [0.15, 0.2) is 54.6 Å². The Morgan fingerprint density at radius 1 is 1.11 bits per heavy atom. The Kier molecular flexibility index (Phi) is 3.19. The fourth-order valence-electron chi connectivity index (χ4n) is 2.36. The van der Waals surface area contributed by atoms with Gasteiger partial charge in [0.1, 0.15) is 5.75 Å². The average molecular weight is 253 g/mol. The van der Waals surface area contributed by atoms with Gasteiger partial charge in [0.15, 0.2) is 12.4 Å². The Balaban J connectivity index is 1.90. The zero-order chi connectivity index (χ0) is 13.1. The largest absolute Gasteiger partial charge is 0.479 e. The van der Waals surface area contributed by atoms with Crippen LogP contribution in [0.3, 0.4) is 0 Å². The minimum absolute atomic E-state index is 0.390. The van der Waals surface area contributed by atoms with E-state index in [1.165, 1.54) is 5.56 Å². The van der Waals surface area contributed by atoms with Gasteiger partial charge in [0.05, 0.1) is 12.2 Å². The lowest BCUT2D eigenvalue weighted by molar-refractivity contribution is -0.113.